The first-order valence-corrected chi connectivity index (χ1v) is 7.49. The molecule has 8 heteroatoms. The summed E-state index contributed by atoms with van der Waals surface area (Å²) < 4.78 is 27.0. The van der Waals surface area contributed by atoms with Gasteiger partial charge in [0.05, 0.1) is 9.82 Å². The molecular formula is C11H13ClN2O4S. The van der Waals surface area contributed by atoms with Crippen molar-refractivity contribution in [3.63, 3.8) is 0 Å². The van der Waals surface area contributed by atoms with Gasteiger partial charge in [0.15, 0.2) is 0 Å². The number of rotatable bonds is 4. The molecule has 2 rings (SSSR count). The van der Waals surface area contributed by atoms with E-state index in [1.807, 2.05) is 0 Å². The molecule has 104 valence electrons. The van der Waals surface area contributed by atoms with Crippen molar-refractivity contribution in [3.05, 3.63) is 32.8 Å². The van der Waals surface area contributed by atoms with E-state index in [2.05, 4.69) is 4.72 Å². The maximum atomic E-state index is 12.2. The lowest BCUT2D eigenvalue weighted by atomic mass is 10.2. The molecule has 0 aromatic heterocycles. The van der Waals surface area contributed by atoms with Crippen LogP contribution >= 0.6 is 11.6 Å². The number of nitro groups is 1. The van der Waals surface area contributed by atoms with Crippen LogP contribution < -0.4 is 4.72 Å². The number of nitrogens with one attached hydrogen (secondary N) is 1. The zero-order valence-corrected chi connectivity index (χ0v) is 12.0. The van der Waals surface area contributed by atoms with Crippen molar-refractivity contribution in [3.8, 4) is 0 Å². The Hall–Kier alpha value is -1.18. The minimum absolute atomic E-state index is 0.0703. The molecule has 0 bridgehead atoms. The normalized spacial score (nSPS) is 17.2. The summed E-state index contributed by atoms with van der Waals surface area (Å²) in [5.74, 6) is 0. The molecule has 1 aromatic rings. The summed E-state index contributed by atoms with van der Waals surface area (Å²) >= 11 is 5.74. The zero-order chi connectivity index (χ0) is 14.4. The van der Waals surface area contributed by atoms with Gasteiger partial charge in [0, 0.05) is 11.6 Å². The third-order valence-corrected chi connectivity index (χ3v) is 5.19. The Kier molecular flexibility index (Phi) is 3.32. The monoisotopic (exact) mass is 304 g/mol. The average molecular weight is 305 g/mol. The molecule has 1 N–H and O–H groups in total. The third-order valence-electron chi connectivity index (χ3n) is 3.11. The fraction of sp³-hybridized carbons (Fsp3) is 0.455. The number of hydrogen-bond acceptors (Lipinski definition) is 4. The quantitative estimate of drug-likeness (QED) is 0.683. The summed E-state index contributed by atoms with van der Waals surface area (Å²) in [6.45, 7) is 3.35. The summed E-state index contributed by atoms with van der Waals surface area (Å²) in [6.07, 6.45) is 1.53. The van der Waals surface area contributed by atoms with Gasteiger partial charge in [-0.15, -0.1) is 0 Å². The van der Waals surface area contributed by atoms with Gasteiger partial charge in [0.2, 0.25) is 10.0 Å². The second-order valence-electron chi connectivity index (χ2n) is 4.99. The van der Waals surface area contributed by atoms with Gasteiger partial charge in [-0.2, -0.15) is 0 Å². The topological polar surface area (TPSA) is 89.3 Å². The molecule has 0 atom stereocenters. The molecule has 6 nitrogen and oxygen atoms in total. The van der Waals surface area contributed by atoms with Crippen LogP contribution in [-0.4, -0.2) is 18.9 Å². The van der Waals surface area contributed by atoms with Gasteiger partial charge in [-0.05, 0) is 38.3 Å². The van der Waals surface area contributed by atoms with Gasteiger partial charge in [0.1, 0.15) is 5.02 Å². The standard InChI is InChI=1S/C11H13ClN2O4S/c1-7-5-8(12)9(14(15)16)6-10(7)19(17,18)13-11(2)3-4-11/h5-6,13H,3-4H2,1-2H3. The van der Waals surface area contributed by atoms with Crippen LogP contribution in [0.1, 0.15) is 25.3 Å². The molecular weight excluding hydrogens is 292 g/mol. The van der Waals surface area contributed by atoms with Crippen LogP contribution in [0.2, 0.25) is 5.02 Å². The van der Waals surface area contributed by atoms with Gasteiger partial charge in [-0.3, -0.25) is 10.1 Å². The van der Waals surface area contributed by atoms with Gasteiger partial charge in [-0.25, -0.2) is 13.1 Å². The molecule has 0 spiro atoms. The molecule has 1 aliphatic rings. The average Bonchev–Trinajstić information content (AvgIpc) is 2.93. The van der Waals surface area contributed by atoms with E-state index in [0.29, 0.717) is 5.56 Å². The molecule has 1 fully saturated rings. The van der Waals surface area contributed by atoms with Crippen molar-refractivity contribution in [2.45, 2.75) is 37.1 Å². The van der Waals surface area contributed by atoms with E-state index in [1.165, 1.54) is 6.07 Å². The molecule has 0 amide bonds. The van der Waals surface area contributed by atoms with Crippen molar-refractivity contribution in [1.82, 2.24) is 4.72 Å². The first-order chi connectivity index (χ1) is 8.65. The minimum atomic E-state index is -3.77. The number of benzene rings is 1. The number of sulfonamides is 1. The molecule has 0 saturated heterocycles. The highest BCUT2D eigenvalue weighted by molar-refractivity contribution is 7.89. The van der Waals surface area contributed by atoms with E-state index >= 15 is 0 Å². The third kappa shape index (κ3) is 2.88. The molecule has 19 heavy (non-hydrogen) atoms. The van der Waals surface area contributed by atoms with Crippen LogP contribution in [0.5, 0.6) is 0 Å². The number of hydrogen-bond donors (Lipinski definition) is 1. The van der Waals surface area contributed by atoms with E-state index in [1.54, 1.807) is 13.8 Å². The maximum absolute atomic E-state index is 12.2. The predicted molar refractivity (Wildman–Crippen MR) is 70.8 cm³/mol. The van der Waals surface area contributed by atoms with Crippen LogP contribution in [0.4, 0.5) is 5.69 Å². The number of halogens is 1. The van der Waals surface area contributed by atoms with Crippen LogP contribution in [0.25, 0.3) is 0 Å². The predicted octanol–water partition coefficient (Wildman–Crippen LogP) is 2.39. The maximum Gasteiger partial charge on any atom is 0.289 e. The molecule has 0 radical (unpaired) electrons. The summed E-state index contributed by atoms with van der Waals surface area (Å²) in [5, 5.41) is 10.7. The van der Waals surface area contributed by atoms with E-state index in [9.17, 15) is 18.5 Å². The van der Waals surface area contributed by atoms with Crippen LogP contribution in [0.15, 0.2) is 17.0 Å². The van der Waals surface area contributed by atoms with E-state index < -0.39 is 26.2 Å². The van der Waals surface area contributed by atoms with Crippen LogP contribution in [0, 0.1) is 17.0 Å². The van der Waals surface area contributed by atoms with Crippen LogP contribution in [0.3, 0.4) is 0 Å². The van der Waals surface area contributed by atoms with Crippen molar-refractivity contribution in [2.75, 3.05) is 0 Å². The SMILES string of the molecule is Cc1cc(Cl)c([N+](=O)[O-])cc1S(=O)(=O)NC1(C)CC1. The van der Waals surface area contributed by atoms with Crippen molar-refractivity contribution in [1.29, 1.82) is 0 Å². The molecule has 1 saturated carbocycles. The highest BCUT2D eigenvalue weighted by Crippen LogP contribution is 2.37. The Morgan fingerprint density at radius 2 is 2.00 bits per heavy atom. The second-order valence-corrected chi connectivity index (χ2v) is 7.05. The number of nitrogens with zero attached hydrogens (tertiary/aromatic N) is 1. The highest BCUT2D eigenvalue weighted by atomic mass is 35.5. The van der Waals surface area contributed by atoms with E-state index in [0.717, 1.165) is 18.9 Å². The fourth-order valence-electron chi connectivity index (χ4n) is 1.74. The first kappa shape index (κ1) is 14.2. The summed E-state index contributed by atoms with van der Waals surface area (Å²) in [7, 11) is -3.77. The molecule has 1 aliphatic carbocycles. The summed E-state index contributed by atoms with van der Waals surface area (Å²) in [5.41, 5.74) is -0.458. The summed E-state index contributed by atoms with van der Waals surface area (Å²) in [6, 6.07) is 2.30. The van der Waals surface area contributed by atoms with E-state index in [-0.39, 0.29) is 9.92 Å². The van der Waals surface area contributed by atoms with Gasteiger partial charge >= 0.3 is 0 Å². The highest BCUT2D eigenvalue weighted by Gasteiger charge is 2.41. The smallest absolute Gasteiger partial charge is 0.258 e. The Bertz CT molecular complexity index is 653. The molecule has 0 heterocycles. The van der Waals surface area contributed by atoms with Crippen molar-refractivity contribution < 1.29 is 13.3 Å². The van der Waals surface area contributed by atoms with Gasteiger partial charge < -0.3 is 0 Å². The lowest BCUT2D eigenvalue weighted by molar-refractivity contribution is -0.384. The number of aryl methyl sites for hydroxylation is 1. The Morgan fingerprint density at radius 1 is 1.42 bits per heavy atom. The molecule has 0 unspecified atom stereocenters. The fourth-order valence-corrected chi connectivity index (χ4v) is 3.74. The number of nitro benzene ring substituents is 1. The minimum Gasteiger partial charge on any atom is -0.258 e. The zero-order valence-electron chi connectivity index (χ0n) is 10.4. The van der Waals surface area contributed by atoms with Gasteiger partial charge in [0.25, 0.3) is 5.69 Å². The largest absolute Gasteiger partial charge is 0.289 e. The lowest BCUT2D eigenvalue weighted by Gasteiger charge is -2.14. The Balaban J connectivity index is 2.49. The second kappa shape index (κ2) is 4.43. The van der Waals surface area contributed by atoms with E-state index in [4.69, 9.17) is 11.6 Å². The first-order valence-electron chi connectivity index (χ1n) is 5.63. The Labute approximate surface area is 116 Å². The van der Waals surface area contributed by atoms with Crippen molar-refractivity contribution in [2.24, 2.45) is 0 Å². The molecule has 0 aliphatic heterocycles. The van der Waals surface area contributed by atoms with Gasteiger partial charge in [-0.1, -0.05) is 11.6 Å². The van der Waals surface area contributed by atoms with Crippen molar-refractivity contribution >= 4 is 27.3 Å². The molecule has 1 aromatic carbocycles. The Morgan fingerprint density at radius 3 is 2.47 bits per heavy atom. The lowest BCUT2D eigenvalue weighted by Crippen LogP contribution is -2.34. The summed E-state index contributed by atoms with van der Waals surface area (Å²) in [4.78, 5) is 10.0. The van der Waals surface area contributed by atoms with Crippen LogP contribution in [-0.2, 0) is 10.0 Å².